The van der Waals surface area contributed by atoms with E-state index in [1.807, 2.05) is 18.2 Å². The van der Waals surface area contributed by atoms with Gasteiger partial charge in [0.25, 0.3) is 5.91 Å². The highest BCUT2D eigenvalue weighted by Crippen LogP contribution is 2.29. The molecule has 3 rings (SSSR count). The van der Waals surface area contributed by atoms with Crippen LogP contribution in [0.1, 0.15) is 46.6 Å². The third-order valence-electron chi connectivity index (χ3n) is 4.60. The van der Waals surface area contributed by atoms with Gasteiger partial charge in [-0.3, -0.25) is 4.79 Å². The van der Waals surface area contributed by atoms with Crippen LogP contribution in [0.15, 0.2) is 46.9 Å². The van der Waals surface area contributed by atoms with E-state index in [2.05, 4.69) is 44.3 Å². The van der Waals surface area contributed by atoms with Crippen molar-refractivity contribution in [3.8, 4) is 5.75 Å². The van der Waals surface area contributed by atoms with E-state index in [9.17, 15) is 4.79 Å². The molecule has 4 nitrogen and oxygen atoms in total. The Morgan fingerprint density at radius 2 is 1.96 bits per heavy atom. The molecule has 0 saturated heterocycles. The molecule has 0 saturated carbocycles. The van der Waals surface area contributed by atoms with Gasteiger partial charge in [-0.1, -0.05) is 37.3 Å². The zero-order chi connectivity index (χ0) is 18.0. The number of benzene rings is 2. The number of furan rings is 1. The third-order valence-corrected chi connectivity index (χ3v) is 4.60. The molecule has 1 unspecified atom stereocenters. The summed E-state index contributed by atoms with van der Waals surface area (Å²) in [6.07, 6.45) is 0.803. The lowest BCUT2D eigenvalue weighted by atomic mass is 9.99. The Morgan fingerprint density at radius 3 is 2.64 bits per heavy atom. The first-order chi connectivity index (χ1) is 12.0. The number of amides is 1. The van der Waals surface area contributed by atoms with Gasteiger partial charge in [0.05, 0.1) is 13.2 Å². The van der Waals surface area contributed by atoms with Crippen molar-refractivity contribution >= 4 is 16.9 Å². The summed E-state index contributed by atoms with van der Waals surface area (Å²) in [5.74, 6) is 0.697. The first-order valence-corrected chi connectivity index (χ1v) is 8.48. The van der Waals surface area contributed by atoms with E-state index in [1.54, 1.807) is 13.2 Å². The Hall–Kier alpha value is -2.75. The second kappa shape index (κ2) is 7.01. The molecule has 1 atom stereocenters. The number of carbonyl (C=O) groups is 1. The van der Waals surface area contributed by atoms with E-state index in [4.69, 9.17) is 9.15 Å². The third kappa shape index (κ3) is 3.38. The molecule has 1 amide bonds. The van der Waals surface area contributed by atoms with E-state index in [-0.39, 0.29) is 11.9 Å². The van der Waals surface area contributed by atoms with Crippen LogP contribution in [0.5, 0.6) is 5.75 Å². The van der Waals surface area contributed by atoms with Crippen LogP contribution in [-0.4, -0.2) is 13.0 Å². The number of aryl methyl sites for hydroxylation is 2. The SMILES string of the molecule is CCC(NC(=O)c1cc2cccc(OC)c2o1)c1ccc(C)c(C)c1. The van der Waals surface area contributed by atoms with Crippen LogP contribution < -0.4 is 10.1 Å². The molecule has 3 aromatic rings. The summed E-state index contributed by atoms with van der Waals surface area (Å²) in [5, 5.41) is 3.92. The van der Waals surface area contributed by atoms with Gasteiger partial charge in [0.15, 0.2) is 17.1 Å². The second-order valence-corrected chi connectivity index (χ2v) is 6.27. The lowest BCUT2D eigenvalue weighted by Gasteiger charge is -2.18. The van der Waals surface area contributed by atoms with Crippen molar-refractivity contribution in [1.82, 2.24) is 5.32 Å². The normalized spacial score (nSPS) is 12.2. The van der Waals surface area contributed by atoms with Gasteiger partial charge < -0.3 is 14.5 Å². The van der Waals surface area contributed by atoms with E-state index in [0.717, 1.165) is 17.4 Å². The maximum absolute atomic E-state index is 12.7. The van der Waals surface area contributed by atoms with Crippen LogP contribution in [0.2, 0.25) is 0 Å². The molecule has 1 heterocycles. The summed E-state index contributed by atoms with van der Waals surface area (Å²) in [6, 6.07) is 13.6. The number of fused-ring (bicyclic) bond motifs is 1. The number of methoxy groups -OCH3 is 1. The van der Waals surface area contributed by atoms with E-state index in [1.165, 1.54) is 11.1 Å². The van der Waals surface area contributed by atoms with Crippen molar-refractivity contribution in [2.45, 2.75) is 33.2 Å². The molecule has 0 aliphatic heterocycles. The van der Waals surface area contributed by atoms with Crippen molar-refractivity contribution in [3.05, 3.63) is 64.9 Å². The fourth-order valence-electron chi connectivity index (χ4n) is 2.94. The van der Waals surface area contributed by atoms with Gasteiger partial charge in [-0.2, -0.15) is 0 Å². The largest absolute Gasteiger partial charge is 0.493 e. The zero-order valence-electron chi connectivity index (χ0n) is 15.1. The standard InChI is InChI=1S/C21H23NO3/c1-5-17(15-10-9-13(2)14(3)11-15)22-21(23)19-12-16-7-6-8-18(24-4)20(16)25-19/h6-12,17H,5H2,1-4H3,(H,22,23). The molecule has 25 heavy (non-hydrogen) atoms. The fourth-order valence-corrected chi connectivity index (χ4v) is 2.94. The van der Waals surface area contributed by atoms with Crippen LogP contribution >= 0.6 is 0 Å². The molecule has 2 aromatic carbocycles. The van der Waals surface area contributed by atoms with Gasteiger partial charge in [0, 0.05) is 5.39 Å². The summed E-state index contributed by atoms with van der Waals surface area (Å²) in [5.41, 5.74) is 4.16. The minimum atomic E-state index is -0.219. The molecule has 0 aliphatic rings. The summed E-state index contributed by atoms with van der Waals surface area (Å²) in [4.78, 5) is 12.7. The molecule has 1 aromatic heterocycles. The number of hydrogen-bond acceptors (Lipinski definition) is 3. The summed E-state index contributed by atoms with van der Waals surface area (Å²) in [6.45, 7) is 6.22. The van der Waals surface area contributed by atoms with Crippen LogP contribution in [0, 0.1) is 13.8 Å². The smallest absolute Gasteiger partial charge is 0.287 e. The number of ether oxygens (including phenoxy) is 1. The maximum atomic E-state index is 12.7. The average molecular weight is 337 g/mol. The summed E-state index contributed by atoms with van der Waals surface area (Å²) in [7, 11) is 1.59. The highest BCUT2D eigenvalue weighted by molar-refractivity contribution is 5.97. The van der Waals surface area contributed by atoms with Crippen LogP contribution in [0.25, 0.3) is 11.0 Å². The number of hydrogen-bond donors (Lipinski definition) is 1. The molecule has 0 aliphatic carbocycles. The zero-order valence-corrected chi connectivity index (χ0v) is 15.1. The Balaban J connectivity index is 1.86. The Kier molecular flexibility index (Phi) is 4.79. The molecule has 0 spiro atoms. The van der Waals surface area contributed by atoms with Gasteiger partial charge in [0.1, 0.15) is 0 Å². The fraction of sp³-hybridized carbons (Fsp3) is 0.286. The van der Waals surface area contributed by atoms with Crippen molar-refractivity contribution in [3.63, 3.8) is 0 Å². The minimum Gasteiger partial charge on any atom is -0.493 e. The number of carbonyl (C=O) groups excluding carboxylic acids is 1. The molecule has 4 heteroatoms. The van der Waals surface area contributed by atoms with Gasteiger partial charge in [-0.25, -0.2) is 0 Å². The van der Waals surface area contributed by atoms with Crippen molar-refractivity contribution < 1.29 is 13.9 Å². The lowest BCUT2D eigenvalue weighted by molar-refractivity contribution is 0.0909. The predicted molar refractivity (Wildman–Crippen MR) is 99.2 cm³/mol. The van der Waals surface area contributed by atoms with Crippen LogP contribution in [0.3, 0.4) is 0 Å². The number of nitrogens with one attached hydrogen (secondary N) is 1. The van der Waals surface area contributed by atoms with E-state index >= 15 is 0 Å². The lowest BCUT2D eigenvalue weighted by Crippen LogP contribution is -2.27. The quantitative estimate of drug-likeness (QED) is 0.717. The van der Waals surface area contributed by atoms with Gasteiger partial charge in [-0.05, 0) is 49.1 Å². The monoisotopic (exact) mass is 337 g/mol. The van der Waals surface area contributed by atoms with Gasteiger partial charge in [-0.15, -0.1) is 0 Å². The number of rotatable bonds is 5. The Morgan fingerprint density at radius 1 is 1.16 bits per heavy atom. The highest BCUT2D eigenvalue weighted by Gasteiger charge is 2.19. The predicted octanol–water partition coefficient (Wildman–Crippen LogP) is 4.94. The van der Waals surface area contributed by atoms with Crippen molar-refractivity contribution in [2.24, 2.45) is 0 Å². The topological polar surface area (TPSA) is 51.5 Å². The molecule has 0 bridgehead atoms. The van der Waals surface area contributed by atoms with E-state index < -0.39 is 0 Å². The first-order valence-electron chi connectivity index (χ1n) is 8.48. The first kappa shape index (κ1) is 17.1. The minimum absolute atomic E-state index is 0.0538. The summed E-state index contributed by atoms with van der Waals surface area (Å²) >= 11 is 0. The molecule has 0 radical (unpaired) electrons. The van der Waals surface area contributed by atoms with Crippen molar-refractivity contribution in [2.75, 3.05) is 7.11 Å². The average Bonchev–Trinajstić information content (AvgIpc) is 3.06. The second-order valence-electron chi connectivity index (χ2n) is 6.27. The molecular weight excluding hydrogens is 314 g/mol. The van der Waals surface area contributed by atoms with Crippen molar-refractivity contribution in [1.29, 1.82) is 0 Å². The van der Waals surface area contributed by atoms with Gasteiger partial charge >= 0.3 is 0 Å². The van der Waals surface area contributed by atoms with Gasteiger partial charge in [0.2, 0.25) is 0 Å². The maximum Gasteiger partial charge on any atom is 0.287 e. The van der Waals surface area contributed by atoms with E-state index in [0.29, 0.717) is 17.1 Å². The molecule has 130 valence electrons. The van der Waals surface area contributed by atoms with Crippen LogP contribution in [0.4, 0.5) is 0 Å². The molecule has 1 N–H and O–H groups in total. The highest BCUT2D eigenvalue weighted by atomic mass is 16.5. The van der Waals surface area contributed by atoms with Crippen LogP contribution in [-0.2, 0) is 0 Å². The summed E-state index contributed by atoms with van der Waals surface area (Å²) < 4.78 is 11.0. The molecular formula is C21H23NO3. The Labute approximate surface area is 147 Å². The Bertz CT molecular complexity index is 911. The number of para-hydroxylation sites is 1. The molecule has 0 fully saturated rings.